The van der Waals surface area contributed by atoms with Gasteiger partial charge in [0.15, 0.2) is 11.9 Å². The molecule has 0 spiro atoms. The molecular formula is C21H28Cl2N6O2. The molecule has 2 aromatic rings. The zero-order chi connectivity index (χ0) is 21.0. The van der Waals surface area contributed by atoms with Crippen LogP contribution in [-0.4, -0.2) is 23.0 Å². The van der Waals surface area contributed by atoms with Gasteiger partial charge in [-0.25, -0.2) is 9.98 Å². The van der Waals surface area contributed by atoms with Gasteiger partial charge in [-0.15, -0.1) is 24.8 Å². The Kier molecular flexibility index (Phi) is 9.61. The molecule has 1 aliphatic rings. The van der Waals surface area contributed by atoms with E-state index in [1.165, 1.54) is 0 Å². The molecular weight excluding hydrogens is 439 g/mol. The first-order valence-electron chi connectivity index (χ1n) is 9.45. The Morgan fingerprint density at radius 2 is 1.16 bits per heavy atom. The zero-order valence-corrected chi connectivity index (χ0v) is 18.5. The number of halogens is 2. The number of hydrogen-bond donors (Lipinski definition) is 5. The third-order valence-corrected chi connectivity index (χ3v) is 5.36. The first kappa shape index (κ1) is 26.1. The summed E-state index contributed by atoms with van der Waals surface area (Å²) >= 11 is 0. The Morgan fingerprint density at radius 3 is 1.55 bits per heavy atom. The maximum Gasteiger partial charge on any atom is 0.306 e. The largest absolute Gasteiger partial charge is 0.481 e. The van der Waals surface area contributed by atoms with E-state index >= 15 is 0 Å². The van der Waals surface area contributed by atoms with Crippen molar-refractivity contribution in [2.75, 3.05) is 0 Å². The van der Waals surface area contributed by atoms with Crippen molar-refractivity contribution in [1.82, 2.24) is 0 Å². The maximum atomic E-state index is 11.6. The lowest BCUT2D eigenvalue weighted by molar-refractivity contribution is -0.143. The van der Waals surface area contributed by atoms with Gasteiger partial charge in [-0.05, 0) is 66.5 Å². The van der Waals surface area contributed by atoms with Crippen LogP contribution in [0.5, 0.6) is 0 Å². The molecule has 8 nitrogen and oxygen atoms in total. The Morgan fingerprint density at radius 1 is 0.742 bits per heavy atom. The third-order valence-electron chi connectivity index (χ3n) is 5.36. The highest BCUT2D eigenvalue weighted by Gasteiger charge is 2.35. The van der Waals surface area contributed by atoms with Gasteiger partial charge >= 0.3 is 5.97 Å². The van der Waals surface area contributed by atoms with Gasteiger partial charge in [0.05, 0.1) is 17.3 Å². The van der Waals surface area contributed by atoms with Gasteiger partial charge in [0.25, 0.3) is 0 Å². The van der Waals surface area contributed by atoms with E-state index in [0.717, 1.165) is 17.5 Å². The number of benzene rings is 2. The molecule has 0 heterocycles. The number of nitrogens with two attached hydrogens (primary N) is 4. The summed E-state index contributed by atoms with van der Waals surface area (Å²) < 4.78 is 0. The van der Waals surface area contributed by atoms with Gasteiger partial charge in [0.1, 0.15) is 0 Å². The number of aliphatic imine (C=N–C) groups is 2. The van der Waals surface area contributed by atoms with Crippen molar-refractivity contribution in [2.24, 2.45) is 38.8 Å². The van der Waals surface area contributed by atoms with E-state index in [0.29, 0.717) is 24.2 Å². The van der Waals surface area contributed by atoms with Crippen molar-refractivity contribution >= 4 is 54.1 Å². The van der Waals surface area contributed by atoms with E-state index in [4.69, 9.17) is 22.9 Å². The smallest absolute Gasteiger partial charge is 0.306 e. The van der Waals surface area contributed by atoms with Crippen LogP contribution in [0.15, 0.2) is 58.5 Å². The van der Waals surface area contributed by atoms with Crippen LogP contribution in [0.25, 0.3) is 0 Å². The Bertz CT molecular complexity index is 924. The van der Waals surface area contributed by atoms with E-state index in [1.54, 1.807) is 0 Å². The molecule has 0 amide bonds. The molecule has 3 atom stereocenters. The summed E-state index contributed by atoms with van der Waals surface area (Å²) in [5.74, 6) is -0.804. The van der Waals surface area contributed by atoms with Crippen LogP contribution >= 0.6 is 24.8 Å². The summed E-state index contributed by atoms with van der Waals surface area (Å²) in [5.41, 5.74) is 25.3. The van der Waals surface area contributed by atoms with Crippen LogP contribution in [0, 0.1) is 5.92 Å². The van der Waals surface area contributed by atoms with Crippen molar-refractivity contribution in [3.63, 3.8) is 0 Å². The molecule has 2 aromatic carbocycles. The highest BCUT2D eigenvalue weighted by atomic mass is 35.5. The minimum Gasteiger partial charge on any atom is -0.481 e. The summed E-state index contributed by atoms with van der Waals surface area (Å²) in [6, 6.07) is 15.4. The molecule has 3 rings (SSSR count). The molecule has 0 bridgehead atoms. The number of rotatable bonds is 5. The van der Waals surface area contributed by atoms with Gasteiger partial charge in [-0.3, -0.25) is 4.79 Å². The maximum absolute atomic E-state index is 11.6. The number of guanidine groups is 2. The number of aliphatic carboxylic acids is 1. The lowest BCUT2D eigenvalue weighted by Crippen LogP contribution is -2.27. The second-order valence-electron chi connectivity index (χ2n) is 7.32. The first-order valence-corrected chi connectivity index (χ1v) is 9.45. The predicted molar refractivity (Wildman–Crippen MR) is 129 cm³/mol. The van der Waals surface area contributed by atoms with E-state index in [9.17, 15) is 9.90 Å². The van der Waals surface area contributed by atoms with Crippen molar-refractivity contribution < 1.29 is 9.90 Å². The van der Waals surface area contributed by atoms with Crippen molar-refractivity contribution in [3.05, 3.63) is 59.7 Å². The third kappa shape index (κ3) is 6.77. The molecule has 9 N–H and O–H groups in total. The lowest BCUT2D eigenvalue weighted by Gasteiger charge is -2.35. The van der Waals surface area contributed by atoms with Crippen molar-refractivity contribution in [1.29, 1.82) is 0 Å². The summed E-state index contributed by atoms with van der Waals surface area (Å²) in [4.78, 5) is 19.7. The van der Waals surface area contributed by atoms with Crippen LogP contribution < -0.4 is 22.9 Å². The molecule has 0 saturated heterocycles. The van der Waals surface area contributed by atoms with Crippen molar-refractivity contribution in [2.45, 2.75) is 31.1 Å². The van der Waals surface area contributed by atoms with E-state index < -0.39 is 5.97 Å². The van der Waals surface area contributed by atoms with Crippen LogP contribution in [0.4, 0.5) is 11.4 Å². The van der Waals surface area contributed by atoms with E-state index in [1.807, 2.05) is 48.5 Å². The predicted octanol–water partition coefficient (Wildman–Crippen LogP) is 3.09. The summed E-state index contributed by atoms with van der Waals surface area (Å²) in [5, 5.41) is 9.54. The molecule has 168 valence electrons. The molecule has 1 fully saturated rings. The quantitative estimate of drug-likeness (QED) is 0.335. The average Bonchev–Trinajstić information content (AvgIpc) is 2.68. The number of carbonyl (C=O) groups is 1. The molecule has 0 radical (unpaired) electrons. The van der Waals surface area contributed by atoms with Gasteiger partial charge < -0.3 is 28.0 Å². The lowest BCUT2D eigenvalue weighted by atomic mass is 9.68. The minimum atomic E-state index is -0.742. The van der Waals surface area contributed by atoms with Gasteiger partial charge in [-0.2, -0.15) is 0 Å². The van der Waals surface area contributed by atoms with Crippen molar-refractivity contribution in [3.8, 4) is 0 Å². The average molecular weight is 467 g/mol. The summed E-state index contributed by atoms with van der Waals surface area (Å²) in [7, 11) is 0. The highest BCUT2D eigenvalue weighted by Crippen LogP contribution is 2.46. The van der Waals surface area contributed by atoms with Gasteiger partial charge in [-0.1, -0.05) is 24.3 Å². The fourth-order valence-corrected chi connectivity index (χ4v) is 4.05. The molecule has 31 heavy (non-hydrogen) atoms. The highest BCUT2D eigenvalue weighted by molar-refractivity contribution is 5.85. The fraction of sp³-hybridized carbons (Fsp3) is 0.286. The normalized spacial score (nSPS) is 19.8. The minimum absolute atomic E-state index is 0. The molecule has 1 saturated carbocycles. The Balaban J connectivity index is 0.00000240. The molecule has 1 aliphatic carbocycles. The first-order chi connectivity index (χ1) is 13.8. The van der Waals surface area contributed by atoms with Gasteiger partial charge in [0, 0.05) is 0 Å². The number of nitrogens with zero attached hydrogens (tertiary/aromatic N) is 2. The second kappa shape index (κ2) is 11.4. The van der Waals surface area contributed by atoms with Crippen LogP contribution in [0.3, 0.4) is 0 Å². The molecule has 10 heteroatoms. The number of hydrogen-bond acceptors (Lipinski definition) is 3. The van der Waals surface area contributed by atoms with Gasteiger partial charge in [0.2, 0.25) is 0 Å². The van der Waals surface area contributed by atoms with Crippen LogP contribution in [0.2, 0.25) is 0 Å². The molecule has 0 aliphatic heterocycles. The summed E-state index contributed by atoms with van der Waals surface area (Å²) in [6.45, 7) is 0. The molecule has 0 aromatic heterocycles. The van der Waals surface area contributed by atoms with E-state index in [-0.39, 0.29) is 54.5 Å². The molecule has 0 unspecified atom stereocenters. The number of carboxylic acids is 1. The number of carboxylic acid groups (broad SMARTS) is 1. The van der Waals surface area contributed by atoms with Crippen LogP contribution in [-0.2, 0) is 4.79 Å². The van der Waals surface area contributed by atoms with Crippen LogP contribution in [0.1, 0.15) is 42.2 Å². The standard InChI is InChI=1S/C21H26N6O2.2ClH/c22-20(23)26-15-6-1-12(2-7-15)17-10-5-14(19(28)29)11-18(17)13-3-8-16(9-4-13)27-21(24)25;;/h1-4,6-9,14,17-18H,5,10-11H2,(H,28,29)(H4,22,23,26)(H4,24,25,27);2*1H/t14-,17-,18-;;/m1../s1. The Hall–Kier alpha value is -2.97. The van der Waals surface area contributed by atoms with E-state index in [2.05, 4.69) is 9.98 Å². The fourth-order valence-electron chi connectivity index (χ4n) is 4.05. The zero-order valence-electron chi connectivity index (χ0n) is 16.8. The topological polar surface area (TPSA) is 166 Å². The Labute approximate surface area is 193 Å². The summed E-state index contributed by atoms with van der Waals surface area (Å²) in [6.07, 6.45) is 2.02. The second-order valence-corrected chi connectivity index (χ2v) is 7.32. The monoisotopic (exact) mass is 466 g/mol. The SMILES string of the molecule is Cl.Cl.NC(N)=Nc1ccc([C@H]2CC[C@@H](C(=O)O)C[C@@H]2c2ccc(N=C(N)N)cc2)cc1.